The van der Waals surface area contributed by atoms with E-state index in [9.17, 15) is 4.79 Å². The summed E-state index contributed by atoms with van der Waals surface area (Å²) in [4.78, 5) is 17.6. The number of carbonyl (C=O) groups is 1. The zero-order valence-corrected chi connectivity index (χ0v) is 14.5. The molecule has 1 atom stereocenters. The van der Waals surface area contributed by atoms with Crippen molar-refractivity contribution in [3.63, 3.8) is 0 Å². The number of amides is 1. The maximum atomic E-state index is 11.7. The topological polar surface area (TPSA) is 66.0 Å². The normalized spacial score (nSPS) is 12.6. The van der Waals surface area contributed by atoms with Crippen molar-refractivity contribution in [2.45, 2.75) is 19.4 Å². The molecule has 1 aromatic carbocycles. The van der Waals surface area contributed by atoms with Gasteiger partial charge in [0.1, 0.15) is 6.54 Å². The fourth-order valence-corrected chi connectivity index (χ4v) is 1.94. The first-order valence-electron chi connectivity index (χ1n) is 7.80. The van der Waals surface area contributed by atoms with Crippen molar-refractivity contribution in [1.82, 2.24) is 15.5 Å². The molecule has 6 heteroatoms. The van der Waals surface area contributed by atoms with Crippen molar-refractivity contribution in [2.24, 2.45) is 4.99 Å². The quantitative estimate of drug-likeness (QED) is 0.551. The predicted octanol–water partition coefficient (Wildman–Crippen LogP) is 0.887. The summed E-state index contributed by atoms with van der Waals surface area (Å²) in [5, 5.41) is 6.51. The number of likely N-dealkylation sites (N-methyl/N-ethyl adjacent to an activating group) is 1. The lowest BCUT2D eigenvalue weighted by Crippen LogP contribution is -2.45. The molecule has 0 saturated carbocycles. The van der Waals surface area contributed by atoms with Gasteiger partial charge in [-0.2, -0.15) is 0 Å². The molecule has 0 heterocycles. The van der Waals surface area contributed by atoms with Crippen LogP contribution in [0.4, 0.5) is 0 Å². The van der Waals surface area contributed by atoms with Gasteiger partial charge in [-0.25, -0.2) is 4.99 Å². The summed E-state index contributed by atoms with van der Waals surface area (Å²) in [5.41, 5.74) is 1.26. The lowest BCUT2D eigenvalue weighted by molar-refractivity contribution is -0.127. The molecule has 1 aromatic rings. The van der Waals surface area contributed by atoms with Crippen molar-refractivity contribution in [2.75, 3.05) is 40.9 Å². The molecular weight excluding hydrogens is 292 g/mol. The summed E-state index contributed by atoms with van der Waals surface area (Å²) >= 11 is 0. The maximum absolute atomic E-state index is 11.7. The Morgan fingerprint density at radius 2 is 2.00 bits per heavy atom. The highest BCUT2D eigenvalue weighted by molar-refractivity contribution is 5.84. The van der Waals surface area contributed by atoms with Crippen LogP contribution in [0.3, 0.4) is 0 Å². The van der Waals surface area contributed by atoms with Crippen molar-refractivity contribution in [3.05, 3.63) is 35.9 Å². The highest BCUT2D eigenvalue weighted by Gasteiger charge is 2.07. The summed E-state index contributed by atoms with van der Waals surface area (Å²) in [7, 11) is 5.11. The number of hydrogen-bond acceptors (Lipinski definition) is 3. The molecular formula is C17H28N4O2. The minimum atomic E-state index is -0.0337. The van der Waals surface area contributed by atoms with Gasteiger partial charge >= 0.3 is 0 Å². The zero-order chi connectivity index (χ0) is 17.1. The second kappa shape index (κ2) is 10.6. The average Bonchev–Trinajstić information content (AvgIpc) is 2.53. The zero-order valence-electron chi connectivity index (χ0n) is 14.5. The Balaban J connectivity index is 2.55. The van der Waals surface area contributed by atoms with Crippen LogP contribution in [0.1, 0.15) is 12.5 Å². The van der Waals surface area contributed by atoms with E-state index in [1.165, 1.54) is 10.5 Å². The molecule has 0 aliphatic rings. The second-order valence-corrected chi connectivity index (χ2v) is 5.62. The molecule has 6 nitrogen and oxygen atoms in total. The Kier molecular flexibility index (Phi) is 8.75. The first-order valence-corrected chi connectivity index (χ1v) is 7.80. The van der Waals surface area contributed by atoms with Crippen molar-refractivity contribution >= 4 is 11.9 Å². The molecule has 0 radical (unpaired) electrons. The van der Waals surface area contributed by atoms with Gasteiger partial charge in [-0.05, 0) is 18.9 Å². The van der Waals surface area contributed by atoms with Gasteiger partial charge in [0.2, 0.25) is 5.91 Å². The number of aliphatic imine (C=N–C) groups is 1. The molecule has 128 valence electrons. The standard InChI is InChI=1S/C17H28N4O2/c1-14(13-23-4)20-17(19-12-16(22)21(2)3)18-11-10-15-8-6-5-7-9-15/h5-9,14H,10-13H2,1-4H3,(H2,18,19,20). The van der Waals surface area contributed by atoms with Gasteiger partial charge in [0, 0.05) is 33.8 Å². The first kappa shape index (κ1) is 19.0. The monoisotopic (exact) mass is 320 g/mol. The molecule has 0 bridgehead atoms. The van der Waals surface area contributed by atoms with Crippen LogP contribution in [0.5, 0.6) is 0 Å². The molecule has 0 spiro atoms. The van der Waals surface area contributed by atoms with E-state index in [1.54, 1.807) is 21.2 Å². The second-order valence-electron chi connectivity index (χ2n) is 5.62. The van der Waals surface area contributed by atoms with E-state index in [0.717, 1.165) is 13.0 Å². The highest BCUT2D eigenvalue weighted by atomic mass is 16.5. The average molecular weight is 320 g/mol. The Bertz CT molecular complexity index is 489. The number of nitrogens with zero attached hydrogens (tertiary/aromatic N) is 2. The maximum Gasteiger partial charge on any atom is 0.243 e. The SMILES string of the molecule is COCC(C)NC(=NCC(=O)N(C)C)NCCc1ccccc1. The summed E-state index contributed by atoms with van der Waals surface area (Å²) in [6, 6.07) is 10.4. The first-order chi connectivity index (χ1) is 11.0. The number of hydrogen-bond donors (Lipinski definition) is 2. The van der Waals surface area contributed by atoms with E-state index in [0.29, 0.717) is 12.6 Å². The van der Waals surface area contributed by atoms with Crippen LogP contribution in [-0.2, 0) is 16.0 Å². The Morgan fingerprint density at radius 1 is 1.30 bits per heavy atom. The molecule has 1 rings (SSSR count). The van der Waals surface area contributed by atoms with Crippen LogP contribution in [0, 0.1) is 0 Å². The number of methoxy groups -OCH3 is 1. The molecule has 1 amide bonds. The number of benzene rings is 1. The summed E-state index contributed by atoms with van der Waals surface area (Å²) in [5.74, 6) is 0.592. The van der Waals surface area contributed by atoms with Gasteiger partial charge in [0.15, 0.2) is 5.96 Å². The lowest BCUT2D eigenvalue weighted by atomic mass is 10.1. The van der Waals surface area contributed by atoms with Crippen LogP contribution in [0.15, 0.2) is 35.3 Å². The number of guanidine groups is 1. The minimum absolute atomic E-state index is 0.0337. The third-order valence-corrected chi connectivity index (χ3v) is 3.22. The number of carbonyl (C=O) groups excluding carboxylic acids is 1. The van der Waals surface area contributed by atoms with E-state index < -0.39 is 0 Å². The van der Waals surface area contributed by atoms with Gasteiger partial charge in [-0.3, -0.25) is 4.79 Å². The van der Waals surface area contributed by atoms with Crippen LogP contribution in [0.25, 0.3) is 0 Å². The summed E-state index contributed by atoms with van der Waals surface area (Å²) in [6.07, 6.45) is 0.891. The molecule has 1 unspecified atom stereocenters. The number of nitrogens with one attached hydrogen (secondary N) is 2. The Labute approximate surface area is 138 Å². The van der Waals surface area contributed by atoms with Crippen molar-refractivity contribution in [3.8, 4) is 0 Å². The van der Waals surface area contributed by atoms with Crippen molar-refractivity contribution < 1.29 is 9.53 Å². The molecule has 0 fully saturated rings. The molecule has 0 saturated heterocycles. The van der Waals surface area contributed by atoms with Gasteiger partial charge in [-0.1, -0.05) is 30.3 Å². The fourth-order valence-electron chi connectivity index (χ4n) is 1.94. The van der Waals surface area contributed by atoms with E-state index in [4.69, 9.17) is 4.74 Å². The summed E-state index contributed by atoms with van der Waals surface area (Å²) in [6.45, 7) is 3.44. The minimum Gasteiger partial charge on any atom is -0.383 e. The number of rotatable bonds is 8. The fraction of sp³-hybridized carbons (Fsp3) is 0.529. The third-order valence-electron chi connectivity index (χ3n) is 3.22. The van der Waals surface area contributed by atoms with E-state index in [1.807, 2.05) is 25.1 Å². The van der Waals surface area contributed by atoms with Crippen LogP contribution >= 0.6 is 0 Å². The predicted molar refractivity (Wildman–Crippen MR) is 93.6 cm³/mol. The summed E-state index contributed by atoms with van der Waals surface area (Å²) < 4.78 is 5.12. The van der Waals surface area contributed by atoms with E-state index in [-0.39, 0.29) is 18.5 Å². The Hall–Kier alpha value is -2.08. The molecule has 0 aliphatic carbocycles. The molecule has 2 N–H and O–H groups in total. The molecule has 0 aliphatic heterocycles. The molecule has 0 aromatic heterocycles. The van der Waals surface area contributed by atoms with Crippen LogP contribution in [0.2, 0.25) is 0 Å². The number of ether oxygens (including phenoxy) is 1. The smallest absolute Gasteiger partial charge is 0.243 e. The largest absolute Gasteiger partial charge is 0.383 e. The van der Waals surface area contributed by atoms with Gasteiger partial charge < -0.3 is 20.3 Å². The Morgan fingerprint density at radius 3 is 2.61 bits per heavy atom. The highest BCUT2D eigenvalue weighted by Crippen LogP contribution is 1.98. The van der Waals surface area contributed by atoms with Gasteiger partial charge in [0.25, 0.3) is 0 Å². The van der Waals surface area contributed by atoms with Gasteiger partial charge in [0.05, 0.1) is 6.61 Å². The van der Waals surface area contributed by atoms with E-state index >= 15 is 0 Å². The van der Waals surface area contributed by atoms with Crippen molar-refractivity contribution in [1.29, 1.82) is 0 Å². The third kappa shape index (κ3) is 8.21. The van der Waals surface area contributed by atoms with Crippen LogP contribution in [-0.4, -0.2) is 63.7 Å². The van der Waals surface area contributed by atoms with Crippen LogP contribution < -0.4 is 10.6 Å². The van der Waals surface area contributed by atoms with Gasteiger partial charge in [-0.15, -0.1) is 0 Å². The van der Waals surface area contributed by atoms with E-state index in [2.05, 4.69) is 27.8 Å². The lowest BCUT2D eigenvalue weighted by Gasteiger charge is -2.18. The molecule has 23 heavy (non-hydrogen) atoms.